The van der Waals surface area contributed by atoms with Crippen LogP contribution in [0.1, 0.15) is 25.0 Å². The second-order valence-corrected chi connectivity index (χ2v) is 5.39. The average molecular weight is 293 g/mol. The molecule has 0 aliphatic heterocycles. The summed E-state index contributed by atoms with van der Waals surface area (Å²) in [4.78, 5) is 0. The van der Waals surface area contributed by atoms with Crippen LogP contribution in [0.4, 0.5) is 0 Å². The van der Waals surface area contributed by atoms with E-state index >= 15 is 0 Å². The van der Waals surface area contributed by atoms with Gasteiger partial charge >= 0.3 is 0 Å². The van der Waals surface area contributed by atoms with Crippen LogP contribution in [0.2, 0.25) is 0 Å². The lowest BCUT2D eigenvalue weighted by Crippen LogP contribution is -1.79. The lowest BCUT2D eigenvalue weighted by Gasteiger charge is -1.98. The maximum atomic E-state index is 5.86. The molecule has 1 aromatic heterocycles. The molecule has 0 fully saturated rings. The number of aryl methyl sites for hydroxylation is 2. The van der Waals surface area contributed by atoms with Crippen molar-refractivity contribution in [3.63, 3.8) is 0 Å². The van der Waals surface area contributed by atoms with Crippen molar-refractivity contribution in [2.24, 2.45) is 5.73 Å². The van der Waals surface area contributed by atoms with Gasteiger partial charge in [0.25, 0.3) is 0 Å². The van der Waals surface area contributed by atoms with Crippen molar-refractivity contribution >= 4 is 21.9 Å². The molecular weight excluding hydrogens is 270 g/mol. The van der Waals surface area contributed by atoms with Crippen LogP contribution in [0.5, 0.6) is 0 Å². The molecule has 2 heteroatoms. The molecule has 1 heterocycles. The molecule has 2 N–H and O–H groups in total. The summed E-state index contributed by atoms with van der Waals surface area (Å²) < 4.78 is 5.86. The zero-order chi connectivity index (χ0) is 16.1. The van der Waals surface area contributed by atoms with Gasteiger partial charge in [-0.15, -0.1) is 0 Å². The fraction of sp³-hybridized carbons (Fsp3) is 0.200. The van der Waals surface area contributed by atoms with Crippen LogP contribution in [0, 0.1) is 13.8 Å². The van der Waals surface area contributed by atoms with Gasteiger partial charge in [-0.05, 0) is 56.7 Å². The molecule has 3 rings (SSSR count). The predicted molar refractivity (Wildman–Crippen MR) is 96.0 cm³/mol. The van der Waals surface area contributed by atoms with Crippen molar-refractivity contribution in [2.75, 3.05) is 0 Å². The summed E-state index contributed by atoms with van der Waals surface area (Å²) in [5.41, 5.74) is 10.8. The first-order valence-electron chi connectivity index (χ1n) is 7.47. The minimum atomic E-state index is 0.973. The Labute approximate surface area is 131 Å². The highest BCUT2D eigenvalue weighted by Gasteiger charge is 2.08. The molecule has 0 unspecified atom stereocenters. The van der Waals surface area contributed by atoms with E-state index < -0.39 is 0 Å². The standard InChI is InChI=1S/C14H12O.C6H11N/c1-9-7-8-12-11-5-3-4-6-13(11)15-14(12)10(9)2;1-3-4-6(2)5-7/h3-8H,1-2H3;3-5H,7H2,1-2H3/b;4-3-,6-5-. The maximum absolute atomic E-state index is 5.86. The SMILES string of the molecule is C/C=C\C(C)=C/N.Cc1ccc2c(oc3ccccc32)c1C. The molecule has 114 valence electrons. The Hall–Kier alpha value is -2.48. The van der Waals surface area contributed by atoms with Crippen LogP contribution in [-0.4, -0.2) is 0 Å². The van der Waals surface area contributed by atoms with Gasteiger partial charge in [0.05, 0.1) is 0 Å². The van der Waals surface area contributed by atoms with Gasteiger partial charge in [0, 0.05) is 10.8 Å². The molecule has 0 bridgehead atoms. The number of hydrogen-bond acceptors (Lipinski definition) is 2. The molecule has 0 radical (unpaired) electrons. The number of furan rings is 1. The quantitative estimate of drug-likeness (QED) is 0.591. The van der Waals surface area contributed by atoms with E-state index in [0.29, 0.717) is 0 Å². The summed E-state index contributed by atoms with van der Waals surface area (Å²) in [5.74, 6) is 0. The second-order valence-electron chi connectivity index (χ2n) is 5.39. The molecule has 0 aliphatic carbocycles. The molecule has 2 nitrogen and oxygen atoms in total. The van der Waals surface area contributed by atoms with E-state index in [4.69, 9.17) is 10.2 Å². The zero-order valence-electron chi connectivity index (χ0n) is 13.7. The average Bonchev–Trinajstić information content (AvgIpc) is 2.91. The summed E-state index contributed by atoms with van der Waals surface area (Å²) in [7, 11) is 0. The highest BCUT2D eigenvalue weighted by molar-refractivity contribution is 6.05. The van der Waals surface area contributed by atoms with Crippen molar-refractivity contribution in [1.82, 2.24) is 0 Å². The van der Waals surface area contributed by atoms with E-state index in [9.17, 15) is 0 Å². The largest absolute Gasteiger partial charge is 0.456 e. The molecule has 0 atom stereocenters. The number of fused-ring (bicyclic) bond motifs is 3. The van der Waals surface area contributed by atoms with Gasteiger partial charge in [0.15, 0.2) is 0 Å². The van der Waals surface area contributed by atoms with E-state index in [1.807, 2.05) is 44.2 Å². The van der Waals surface area contributed by atoms with E-state index in [2.05, 4.69) is 32.0 Å². The van der Waals surface area contributed by atoms with E-state index in [-0.39, 0.29) is 0 Å². The minimum absolute atomic E-state index is 0.973. The summed E-state index contributed by atoms with van der Waals surface area (Å²) in [6.45, 7) is 8.15. The van der Waals surface area contributed by atoms with Crippen LogP contribution in [0.15, 0.2) is 64.7 Å². The fourth-order valence-corrected chi connectivity index (χ4v) is 2.34. The first-order valence-corrected chi connectivity index (χ1v) is 7.47. The number of hydrogen-bond donors (Lipinski definition) is 1. The molecule has 0 aliphatic rings. The van der Waals surface area contributed by atoms with E-state index in [1.54, 1.807) is 6.20 Å². The van der Waals surface area contributed by atoms with Gasteiger partial charge in [-0.1, -0.05) is 42.5 Å². The fourth-order valence-electron chi connectivity index (χ4n) is 2.34. The Morgan fingerprint density at radius 2 is 1.77 bits per heavy atom. The Morgan fingerprint density at radius 1 is 1.05 bits per heavy atom. The number of nitrogens with two attached hydrogens (primary N) is 1. The van der Waals surface area contributed by atoms with Crippen molar-refractivity contribution in [3.05, 3.63) is 71.5 Å². The maximum Gasteiger partial charge on any atom is 0.138 e. The van der Waals surface area contributed by atoms with Gasteiger partial charge in [0.1, 0.15) is 11.2 Å². The molecule has 22 heavy (non-hydrogen) atoms. The topological polar surface area (TPSA) is 39.2 Å². The third-order valence-corrected chi connectivity index (χ3v) is 3.76. The Morgan fingerprint density at radius 3 is 2.41 bits per heavy atom. The van der Waals surface area contributed by atoms with Crippen LogP contribution in [-0.2, 0) is 0 Å². The summed E-state index contributed by atoms with van der Waals surface area (Å²) in [6.07, 6.45) is 5.50. The first-order chi connectivity index (χ1) is 10.6. The van der Waals surface area contributed by atoms with Crippen LogP contribution in [0.3, 0.4) is 0 Å². The molecule has 0 saturated heterocycles. The highest BCUT2D eigenvalue weighted by Crippen LogP contribution is 2.31. The van der Waals surface area contributed by atoms with Crippen LogP contribution < -0.4 is 5.73 Å². The van der Waals surface area contributed by atoms with Crippen molar-refractivity contribution in [2.45, 2.75) is 27.7 Å². The van der Waals surface area contributed by atoms with Crippen molar-refractivity contribution in [1.29, 1.82) is 0 Å². The Kier molecular flexibility index (Phi) is 5.05. The number of allylic oxidation sites excluding steroid dienone is 3. The monoisotopic (exact) mass is 293 g/mol. The number of benzene rings is 2. The smallest absolute Gasteiger partial charge is 0.138 e. The summed E-state index contributed by atoms with van der Waals surface area (Å²) in [5, 5.41) is 2.42. The summed E-state index contributed by atoms with van der Waals surface area (Å²) in [6, 6.07) is 12.5. The number of rotatable bonds is 1. The molecule has 2 aromatic carbocycles. The van der Waals surface area contributed by atoms with Gasteiger partial charge in [-0.25, -0.2) is 0 Å². The molecule has 0 saturated carbocycles. The van der Waals surface area contributed by atoms with Crippen LogP contribution in [0.25, 0.3) is 21.9 Å². The van der Waals surface area contributed by atoms with Crippen LogP contribution >= 0.6 is 0 Å². The van der Waals surface area contributed by atoms with Gasteiger partial charge in [0.2, 0.25) is 0 Å². The van der Waals surface area contributed by atoms with Gasteiger partial charge in [-0.2, -0.15) is 0 Å². The highest BCUT2D eigenvalue weighted by atomic mass is 16.3. The molecule has 0 amide bonds. The van der Waals surface area contributed by atoms with Crippen molar-refractivity contribution < 1.29 is 4.42 Å². The Balaban J connectivity index is 0.000000217. The normalized spacial score (nSPS) is 11.9. The zero-order valence-corrected chi connectivity index (χ0v) is 13.7. The van der Waals surface area contributed by atoms with Crippen molar-refractivity contribution in [3.8, 4) is 0 Å². The minimum Gasteiger partial charge on any atom is -0.456 e. The second kappa shape index (κ2) is 6.99. The first kappa shape index (κ1) is 15.9. The summed E-state index contributed by atoms with van der Waals surface area (Å²) >= 11 is 0. The third kappa shape index (κ3) is 3.22. The third-order valence-electron chi connectivity index (χ3n) is 3.76. The molecular formula is C20H23NO. The van der Waals surface area contributed by atoms with Gasteiger partial charge in [-0.3, -0.25) is 0 Å². The molecule has 0 spiro atoms. The van der Waals surface area contributed by atoms with E-state index in [0.717, 1.165) is 16.7 Å². The van der Waals surface area contributed by atoms with Gasteiger partial charge < -0.3 is 10.2 Å². The van der Waals surface area contributed by atoms with E-state index in [1.165, 1.54) is 21.9 Å². The lowest BCUT2D eigenvalue weighted by molar-refractivity contribution is 0.665. The lowest BCUT2D eigenvalue weighted by atomic mass is 10.1. The molecule has 3 aromatic rings. The Bertz CT molecular complexity index is 837. The number of para-hydroxylation sites is 1. The predicted octanol–water partition coefficient (Wildman–Crippen LogP) is 5.63.